The molecule has 4 amide bonds. The first-order chi connectivity index (χ1) is 15.0. The number of aromatic hydroxyl groups is 1. The molecule has 0 saturated carbocycles. The van der Waals surface area contributed by atoms with E-state index in [1.807, 2.05) is 5.43 Å². The molecule has 0 aromatic heterocycles. The number of amides is 4. The van der Waals surface area contributed by atoms with Gasteiger partial charge in [-0.1, -0.05) is 12.1 Å². The molecular weight excluding hydrogens is 422 g/mol. The highest BCUT2D eigenvalue weighted by Gasteiger charge is 2.42. The zero-order valence-corrected chi connectivity index (χ0v) is 17.8. The number of phenolic OH excluding ortho intramolecular Hbond substituents is 1. The smallest absolute Gasteiger partial charge is 0.256 e. The third-order valence-corrected chi connectivity index (χ3v) is 5.12. The monoisotopic (exact) mass is 451 g/mol. The van der Waals surface area contributed by atoms with E-state index in [2.05, 4.69) is 10.6 Å². The van der Waals surface area contributed by atoms with Crippen LogP contribution in [-0.4, -0.2) is 80.7 Å². The average molecular weight is 451 g/mol. The van der Waals surface area contributed by atoms with Crippen LogP contribution < -0.4 is 21.9 Å². The Bertz CT molecular complexity index is 845. The second-order valence-corrected chi connectivity index (χ2v) is 7.76. The number of aliphatic hydroxyl groups excluding tert-OH is 2. The van der Waals surface area contributed by atoms with Crippen LogP contribution in [0.1, 0.15) is 25.8 Å². The average Bonchev–Trinajstić information content (AvgIpc) is 3.13. The number of carbonyl (C=O) groups excluding carboxylic acids is 4. The van der Waals surface area contributed by atoms with Crippen LogP contribution in [0.15, 0.2) is 24.3 Å². The summed E-state index contributed by atoms with van der Waals surface area (Å²) in [6, 6.07) is 2.42. The summed E-state index contributed by atoms with van der Waals surface area (Å²) in [4.78, 5) is 50.8. The predicted octanol–water partition coefficient (Wildman–Crippen LogP) is -2.74. The van der Waals surface area contributed by atoms with Crippen molar-refractivity contribution in [2.24, 2.45) is 5.84 Å². The minimum absolute atomic E-state index is 0.0129. The van der Waals surface area contributed by atoms with Gasteiger partial charge in [0.1, 0.15) is 23.9 Å². The number of likely N-dealkylation sites (tertiary alicyclic amines) is 1. The standard InChI is InChI=1S/C20H29N5O7/c1-10(26)17(22-11(2)27)19(31)23-15(7-12-3-5-13(28)6-4-12)20(32)25-9-14(29)8-16(25)18(30)24-21/h3-6,10,14-17,26,28-29H,7-9,21H2,1-2H3,(H,22,27)(H,23,31)(H,24,30)/t10-,14-,15+,16+,17+/m1/s1. The summed E-state index contributed by atoms with van der Waals surface area (Å²) in [5.74, 6) is 2.55. The highest BCUT2D eigenvalue weighted by molar-refractivity contribution is 5.94. The fourth-order valence-electron chi connectivity index (χ4n) is 3.56. The van der Waals surface area contributed by atoms with Crippen molar-refractivity contribution in [2.75, 3.05) is 6.54 Å². The maximum atomic E-state index is 13.3. The minimum Gasteiger partial charge on any atom is -0.508 e. The number of phenols is 1. The highest BCUT2D eigenvalue weighted by atomic mass is 16.3. The molecule has 12 heteroatoms. The van der Waals surface area contributed by atoms with Gasteiger partial charge in [-0.2, -0.15) is 0 Å². The van der Waals surface area contributed by atoms with Crippen molar-refractivity contribution in [1.82, 2.24) is 21.0 Å². The second-order valence-electron chi connectivity index (χ2n) is 7.76. The lowest BCUT2D eigenvalue weighted by molar-refractivity contribution is -0.142. The minimum atomic E-state index is -1.31. The van der Waals surface area contributed by atoms with Gasteiger partial charge in [0.2, 0.25) is 17.7 Å². The zero-order valence-electron chi connectivity index (χ0n) is 17.8. The SMILES string of the molecule is CC(=O)N[C@H](C(=O)N[C@@H](Cc1ccc(O)cc1)C(=O)N1C[C@H](O)C[C@H]1C(=O)NN)[C@@H](C)O. The number of nitrogens with two attached hydrogens (primary N) is 1. The first-order valence-electron chi connectivity index (χ1n) is 10.1. The van der Waals surface area contributed by atoms with Gasteiger partial charge >= 0.3 is 0 Å². The van der Waals surface area contributed by atoms with E-state index >= 15 is 0 Å². The van der Waals surface area contributed by atoms with Crippen LogP contribution in [0.4, 0.5) is 0 Å². The summed E-state index contributed by atoms with van der Waals surface area (Å²) in [5, 5.41) is 34.2. The Balaban J connectivity index is 2.31. The molecule has 1 saturated heterocycles. The third-order valence-electron chi connectivity index (χ3n) is 5.12. The number of hydrogen-bond donors (Lipinski definition) is 7. The Morgan fingerprint density at radius 3 is 2.34 bits per heavy atom. The van der Waals surface area contributed by atoms with Gasteiger partial charge in [-0.05, 0) is 24.6 Å². The van der Waals surface area contributed by atoms with Gasteiger partial charge in [0.15, 0.2) is 0 Å². The van der Waals surface area contributed by atoms with Crippen LogP contribution in [0.3, 0.4) is 0 Å². The molecule has 2 rings (SSSR count). The maximum absolute atomic E-state index is 13.3. The number of carbonyl (C=O) groups is 4. The van der Waals surface area contributed by atoms with E-state index in [4.69, 9.17) is 5.84 Å². The van der Waals surface area contributed by atoms with Crippen molar-refractivity contribution in [2.45, 2.75) is 57.0 Å². The Morgan fingerprint density at radius 1 is 1.19 bits per heavy atom. The molecule has 0 aliphatic carbocycles. The van der Waals surface area contributed by atoms with Crippen LogP contribution in [0.2, 0.25) is 0 Å². The third kappa shape index (κ3) is 6.39. The van der Waals surface area contributed by atoms with Crippen molar-refractivity contribution in [3.05, 3.63) is 29.8 Å². The first kappa shape index (κ1) is 25.0. The van der Waals surface area contributed by atoms with Gasteiger partial charge in [-0.15, -0.1) is 0 Å². The molecule has 0 spiro atoms. The van der Waals surface area contributed by atoms with Crippen molar-refractivity contribution in [1.29, 1.82) is 0 Å². The number of nitrogens with zero attached hydrogens (tertiary/aromatic N) is 1. The van der Waals surface area contributed by atoms with Crippen LogP contribution in [0, 0.1) is 0 Å². The van der Waals surface area contributed by atoms with E-state index in [0.717, 1.165) is 4.90 Å². The molecule has 176 valence electrons. The lowest BCUT2D eigenvalue weighted by atomic mass is 10.0. The number of hydrazine groups is 1. The summed E-state index contributed by atoms with van der Waals surface area (Å²) in [5.41, 5.74) is 2.55. The van der Waals surface area contributed by atoms with Crippen molar-refractivity contribution < 1.29 is 34.5 Å². The second kappa shape index (κ2) is 10.9. The fraction of sp³-hybridized carbons (Fsp3) is 0.500. The topological polar surface area (TPSA) is 194 Å². The van der Waals surface area contributed by atoms with E-state index in [9.17, 15) is 34.5 Å². The van der Waals surface area contributed by atoms with Crippen LogP contribution in [-0.2, 0) is 25.6 Å². The van der Waals surface area contributed by atoms with E-state index in [1.165, 1.54) is 26.0 Å². The summed E-state index contributed by atoms with van der Waals surface area (Å²) in [6.45, 7) is 2.36. The number of benzene rings is 1. The van der Waals surface area contributed by atoms with Crippen LogP contribution >= 0.6 is 0 Å². The maximum Gasteiger partial charge on any atom is 0.256 e. The Labute approximate surface area is 184 Å². The van der Waals surface area contributed by atoms with E-state index < -0.39 is 54.0 Å². The number of nitrogens with one attached hydrogen (secondary N) is 3. The Kier molecular flexibility index (Phi) is 8.52. The molecule has 5 atom stereocenters. The van der Waals surface area contributed by atoms with Gasteiger partial charge in [0.25, 0.3) is 5.91 Å². The van der Waals surface area contributed by atoms with Gasteiger partial charge in [0.05, 0.1) is 12.2 Å². The molecule has 1 aromatic rings. The van der Waals surface area contributed by atoms with E-state index in [0.29, 0.717) is 5.56 Å². The normalized spacial score (nSPS) is 20.7. The zero-order chi connectivity index (χ0) is 24.0. The molecule has 1 aliphatic heterocycles. The van der Waals surface area contributed by atoms with Crippen molar-refractivity contribution >= 4 is 23.6 Å². The van der Waals surface area contributed by atoms with Crippen molar-refractivity contribution in [3.8, 4) is 5.75 Å². The molecule has 1 heterocycles. The quantitative estimate of drug-likeness (QED) is 0.126. The lowest BCUT2D eigenvalue weighted by Gasteiger charge is -2.30. The van der Waals surface area contributed by atoms with Gasteiger partial charge in [-0.3, -0.25) is 24.6 Å². The molecule has 8 N–H and O–H groups in total. The van der Waals surface area contributed by atoms with Gasteiger partial charge in [-0.25, -0.2) is 5.84 Å². The fourth-order valence-corrected chi connectivity index (χ4v) is 3.56. The molecule has 12 nitrogen and oxygen atoms in total. The summed E-state index contributed by atoms with van der Waals surface area (Å²) in [7, 11) is 0. The number of aliphatic hydroxyl groups is 2. The van der Waals surface area contributed by atoms with Crippen molar-refractivity contribution in [3.63, 3.8) is 0 Å². The van der Waals surface area contributed by atoms with Crippen LogP contribution in [0.25, 0.3) is 0 Å². The summed E-state index contributed by atoms with van der Waals surface area (Å²) >= 11 is 0. The molecule has 1 aliphatic rings. The summed E-state index contributed by atoms with van der Waals surface area (Å²) < 4.78 is 0. The largest absolute Gasteiger partial charge is 0.508 e. The molecule has 0 unspecified atom stereocenters. The molecule has 1 aromatic carbocycles. The number of hydrogen-bond acceptors (Lipinski definition) is 8. The predicted molar refractivity (Wildman–Crippen MR) is 111 cm³/mol. The number of rotatable bonds is 8. The first-order valence-corrected chi connectivity index (χ1v) is 10.1. The van der Waals surface area contributed by atoms with Crippen LogP contribution in [0.5, 0.6) is 5.75 Å². The molecular formula is C20H29N5O7. The number of β-amino-alcohol motifs (C(OH)–C–C–N with tert-alkyl or cyclic N) is 1. The molecule has 1 fully saturated rings. The summed E-state index contributed by atoms with van der Waals surface area (Å²) in [6.07, 6.45) is -2.22. The lowest BCUT2D eigenvalue weighted by Crippen LogP contribution is -2.59. The van der Waals surface area contributed by atoms with E-state index in [-0.39, 0.29) is 25.1 Å². The Morgan fingerprint density at radius 2 is 1.81 bits per heavy atom. The molecule has 0 bridgehead atoms. The Hall–Kier alpha value is -3.22. The molecule has 32 heavy (non-hydrogen) atoms. The van der Waals surface area contributed by atoms with Gasteiger partial charge in [0, 0.05) is 26.3 Å². The highest BCUT2D eigenvalue weighted by Crippen LogP contribution is 2.21. The van der Waals surface area contributed by atoms with Gasteiger partial charge < -0.3 is 30.9 Å². The molecule has 0 radical (unpaired) electrons. The van der Waals surface area contributed by atoms with E-state index in [1.54, 1.807) is 12.1 Å².